The van der Waals surface area contributed by atoms with Gasteiger partial charge in [0.05, 0.1) is 12.0 Å². The molecule has 2 N–H and O–H groups in total. The third-order valence-electron chi connectivity index (χ3n) is 4.39. The van der Waals surface area contributed by atoms with Crippen LogP contribution in [0.4, 0.5) is 10.5 Å². The van der Waals surface area contributed by atoms with Crippen LogP contribution in [0, 0.1) is 0 Å². The lowest BCUT2D eigenvalue weighted by atomic mass is 10.0. The van der Waals surface area contributed by atoms with Gasteiger partial charge in [-0.1, -0.05) is 30.5 Å². The number of aromatic nitrogens is 2. The summed E-state index contributed by atoms with van der Waals surface area (Å²) >= 11 is 5.87. The summed E-state index contributed by atoms with van der Waals surface area (Å²) in [6.45, 7) is 0.705. The van der Waals surface area contributed by atoms with Crippen LogP contribution < -0.4 is 16.2 Å². The number of carbonyl (C=O) groups is 1. The smallest absolute Gasteiger partial charge is 0.319 e. The normalized spacial score (nSPS) is 14.4. The molecule has 0 radical (unpaired) electrons. The van der Waals surface area contributed by atoms with Gasteiger partial charge in [-0.2, -0.15) is 0 Å². The third kappa shape index (κ3) is 4.82. The van der Waals surface area contributed by atoms with Gasteiger partial charge in [0.1, 0.15) is 0 Å². The number of nitrogens with zero attached hydrogens (tertiary/aromatic N) is 2. The summed E-state index contributed by atoms with van der Waals surface area (Å²) in [6, 6.07) is 8.20. The second-order valence-corrected chi connectivity index (χ2v) is 6.65. The molecule has 1 saturated carbocycles. The van der Waals surface area contributed by atoms with Crippen molar-refractivity contribution in [1.82, 2.24) is 14.9 Å². The lowest BCUT2D eigenvalue weighted by Gasteiger charge is -2.11. The number of halogens is 1. The molecule has 2 amide bonds. The first-order valence-corrected chi connectivity index (χ1v) is 8.86. The zero-order valence-electron chi connectivity index (χ0n) is 13.9. The highest BCUT2D eigenvalue weighted by Gasteiger charge is 2.18. The van der Waals surface area contributed by atoms with Crippen molar-refractivity contribution >= 4 is 23.3 Å². The van der Waals surface area contributed by atoms with E-state index in [9.17, 15) is 9.59 Å². The largest absolute Gasteiger partial charge is 0.336 e. The Kier molecular flexibility index (Phi) is 5.71. The van der Waals surface area contributed by atoms with Gasteiger partial charge >= 0.3 is 6.03 Å². The topological polar surface area (TPSA) is 76.0 Å². The number of rotatable bonds is 5. The standard InChI is InChI=1S/C18H21ClN4O2/c19-14-6-3-7-15(10-14)22-18(25)20-8-9-23-12-21-16(11-17(23)24)13-4-1-2-5-13/h3,6-7,10-13H,1-2,4-5,8-9H2,(H2,20,22,25). The zero-order valence-corrected chi connectivity index (χ0v) is 14.6. The van der Waals surface area contributed by atoms with E-state index in [0.717, 1.165) is 18.5 Å². The van der Waals surface area contributed by atoms with Crippen molar-refractivity contribution in [3.63, 3.8) is 0 Å². The number of nitrogens with one attached hydrogen (secondary N) is 2. The van der Waals surface area contributed by atoms with E-state index in [2.05, 4.69) is 15.6 Å². The number of carbonyl (C=O) groups excluding carboxylic acids is 1. The second-order valence-electron chi connectivity index (χ2n) is 6.22. The number of benzene rings is 1. The second kappa shape index (κ2) is 8.16. The highest BCUT2D eigenvalue weighted by Crippen LogP contribution is 2.32. The Labute approximate surface area is 151 Å². The molecule has 0 aliphatic heterocycles. The monoisotopic (exact) mass is 360 g/mol. The molecule has 0 spiro atoms. The highest BCUT2D eigenvalue weighted by molar-refractivity contribution is 6.30. The lowest BCUT2D eigenvalue weighted by Crippen LogP contribution is -2.33. The summed E-state index contributed by atoms with van der Waals surface area (Å²) in [5.41, 5.74) is 1.43. The molecular weight excluding hydrogens is 340 g/mol. The Morgan fingerprint density at radius 3 is 2.80 bits per heavy atom. The molecule has 25 heavy (non-hydrogen) atoms. The number of hydrogen-bond donors (Lipinski definition) is 2. The SMILES string of the molecule is O=C(NCCn1cnc(C2CCCC2)cc1=O)Nc1cccc(Cl)c1. The highest BCUT2D eigenvalue weighted by atomic mass is 35.5. The maximum Gasteiger partial charge on any atom is 0.319 e. The van der Waals surface area contributed by atoms with Crippen molar-refractivity contribution in [3.8, 4) is 0 Å². The molecule has 0 atom stereocenters. The maximum atomic E-state index is 12.2. The van der Waals surface area contributed by atoms with E-state index in [0.29, 0.717) is 29.7 Å². The molecule has 1 aromatic heterocycles. The van der Waals surface area contributed by atoms with E-state index >= 15 is 0 Å². The van der Waals surface area contributed by atoms with E-state index in [1.807, 2.05) is 0 Å². The quantitative estimate of drug-likeness (QED) is 0.858. The molecule has 6 nitrogen and oxygen atoms in total. The first kappa shape index (κ1) is 17.5. The van der Waals surface area contributed by atoms with Gasteiger partial charge in [-0.25, -0.2) is 9.78 Å². The summed E-state index contributed by atoms with van der Waals surface area (Å²) in [4.78, 5) is 28.5. The summed E-state index contributed by atoms with van der Waals surface area (Å²) in [6.07, 6.45) is 6.22. The van der Waals surface area contributed by atoms with Crippen LogP contribution in [-0.4, -0.2) is 22.1 Å². The van der Waals surface area contributed by atoms with Gasteiger partial charge < -0.3 is 10.6 Å². The van der Waals surface area contributed by atoms with Crippen LogP contribution >= 0.6 is 11.6 Å². The van der Waals surface area contributed by atoms with Gasteiger partial charge in [0, 0.05) is 35.8 Å². The van der Waals surface area contributed by atoms with Gasteiger partial charge in [-0.05, 0) is 31.0 Å². The van der Waals surface area contributed by atoms with Crippen molar-refractivity contribution in [2.75, 3.05) is 11.9 Å². The number of hydrogen-bond acceptors (Lipinski definition) is 3. The lowest BCUT2D eigenvalue weighted by molar-refractivity contribution is 0.251. The van der Waals surface area contributed by atoms with Gasteiger partial charge in [0.2, 0.25) is 0 Å². The molecule has 0 bridgehead atoms. The van der Waals surface area contributed by atoms with E-state index in [1.165, 1.54) is 17.4 Å². The van der Waals surface area contributed by atoms with E-state index in [-0.39, 0.29) is 11.6 Å². The van der Waals surface area contributed by atoms with Crippen LogP contribution in [0.1, 0.15) is 37.3 Å². The molecule has 2 aromatic rings. The molecule has 132 valence electrons. The van der Waals surface area contributed by atoms with E-state index in [4.69, 9.17) is 11.6 Å². The fraction of sp³-hybridized carbons (Fsp3) is 0.389. The minimum absolute atomic E-state index is 0.0750. The van der Waals surface area contributed by atoms with Crippen molar-refractivity contribution in [2.45, 2.75) is 38.1 Å². The minimum atomic E-state index is -0.342. The van der Waals surface area contributed by atoms with Crippen molar-refractivity contribution in [3.05, 3.63) is 57.7 Å². The fourth-order valence-corrected chi connectivity index (χ4v) is 3.27. The first-order valence-electron chi connectivity index (χ1n) is 8.48. The van der Waals surface area contributed by atoms with Crippen molar-refractivity contribution in [2.24, 2.45) is 0 Å². The number of anilines is 1. The minimum Gasteiger partial charge on any atom is -0.336 e. The Bertz CT molecular complexity index is 800. The van der Waals surface area contributed by atoms with Crippen LogP contribution in [-0.2, 0) is 6.54 Å². The number of amides is 2. The van der Waals surface area contributed by atoms with Gasteiger partial charge in [0.15, 0.2) is 0 Å². The van der Waals surface area contributed by atoms with E-state index in [1.54, 1.807) is 36.7 Å². The predicted molar refractivity (Wildman–Crippen MR) is 98.2 cm³/mol. The summed E-state index contributed by atoms with van der Waals surface area (Å²) < 4.78 is 1.51. The fourth-order valence-electron chi connectivity index (χ4n) is 3.08. The molecule has 1 aliphatic carbocycles. The summed E-state index contributed by atoms with van der Waals surface area (Å²) in [5.74, 6) is 0.420. The first-order chi connectivity index (χ1) is 12.1. The molecule has 1 aliphatic rings. The van der Waals surface area contributed by atoms with Crippen molar-refractivity contribution < 1.29 is 4.79 Å². The van der Waals surface area contributed by atoms with Crippen LogP contribution in [0.2, 0.25) is 5.02 Å². The Balaban J connectivity index is 1.50. The third-order valence-corrected chi connectivity index (χ3v) is 4.63. The Morgan fingerprint density at radius 1 is 1.28 bits per heavy atom. The van der Waals surface area contributed by atoms with Crippen LogP contribution in [0.25, 0.3) is 0 Å². The van der Waals surface area contributed by atoms with Crippen LogP contribution in [0.15, 0.2) is 41.5 Å². The maximum absolute atomic E-state index is 12.2. The number of urea groups is 1. The molecule has 1 aromatic carbocycles. The van der Waals surface area contributed by atoms with E-state index < -0.39 is 0 Å². The molecule has 3 rings (SSSR count). The molecule has 1 fully saturated rings. The van der Waals surface area contributed by atoms with Gasteiger partial charge in [-0.15, -0.1) is 0 Å². The average Bonchev–Trinajstić information content (AvgIpc) is 3.11. The zero-order chi connectivity index (χ0) is 17.6. The molecular formula is C18H21ClN4O2. The van der Waals surface area contributed by atoms with Crippen LogP contribution in [0.3, 0.4) is 0 Å². The Morgan fingerprint density at radius 2 is 2.08 bits per heavy atom. The summed E-state index contributed by atoms with van der Waals surface area (Å²) in [5, 5.41) is 5.96. The van der Waals surface area contributed by atoms with Gasteiger partial charge in [0.25, 0.3) is 5.56 Å². The van der Waals surface area contributed by atoms with Crippen LogP contribution in [0.5, 0.6) is 0 Å². The molecule has 1 heterocycles. The predicted octanol–water partition coefficient (Wildman–Crippen LogP) is 3.38. The molecule has 0 saturated heterocycles. The van der Waals surface area contributed by atoms with Gasteiger partial charge in [-0.3, -0.25) is 9.36 Å². The van der Waals surface area contributed by atoms with Crippen molar-refractivity contribution in [1.29, 1.82) is 0 Å². The Hall–Kier alpha value is -2.34. The molecule has 7 heteroatoms. The summed E-state index contributed by atoms with van der Waals surface area (Å²) in [7, 11) is 0. The molecule has 0 unspecified atom stereocenters. The average molecular weight is 361 g/mol.